The quantitative estimate of drug-likeness (QED) is 0.789. The first kappa shape index (κ1) is 10.8. The van der Waals surface area contributed by atoms with Crippen LogP contribution in [0.2, 0.25) is 0 Å². The average Bonchev–Trinajstić information content (AvgIpc) is 2.63. The lowest BCUT2D eigenvalue weighted by atomic mass is 9.98. The fourth-order valence-electron chi connectivity index (χ4n) is 2.44. The number of benzene rings is 2. The highest BCUT2D eigenvalue weighted by atomic mass is 16.2. The Balaban J connectivity index is 2.20. The second-order valence-electron chi connectivity index (χ2n) is 4.43. The van der Waals surface area contributed by atoms with E-state index in [9.17, 15) is 4.79 Å². The lowest BCUT2D eigenvalue weighted by Gasteiger charge is -2.19. The SMILES string of the molecule is CN1C(=O)NC(=N)C1c1cccc2ccccc12. The number of amidine groups is 1. The lowest BCUT2D eigenvalue weighted by Crippen LogP contribution is -2.25. The van der Waals surface area contributed by atoms with Gasteiger partial charge in [-0.25, -0.2) is 4.79 Å². The van der Waals surface area contributed by atoms with Gasteiger partial charge >= 0.3 is 6.03 Å². The smallest absolute Gasteiger partial charge is 0.313 e. The number of amides is 2. The Hall–Kier alpha value is -2.36. The van der Waals surface area contributed by atoms with Gasteiger partial charge in [-0.1, -0.05) is 42.5 Å². The van der Waals surface area contributed by atoms with E-state index in [-0.39, 0.29) is 17.9 Å². The zero-order chi connectivity index (χ0) is 12.7. The molecule has 0 saturated carbocycles. The van der Waals surface area contributed by atoms with Gasteiger partial charge in [-0.2, -0.15) is 0 Å². The summed E-state index contributed by atoms with van der Waals surface area (Å²) in [6.07, 6.45) is 0. The number of nitrogens with one attached hydrogen (secondary N) is 2. The molecule has 1 unspecified atom stereocenters. The highest BCUT2D eigenvalue weighted by Crippen LogP contribution is 2.30. The van der Waals surface area contributed by atoms with Crippen molar-refractivity contribution in [2.45, 2.75) is 6.04 Å². The van der Waals surface area contributed by atoms with Crippen LogP contribution >= 0.6 is 0 Å². The molecule has 2 N–H and O–H groups in total. The molecule has 4 heteroatoms. The number of hydrogen-bond donors (Lipinski definition) is 2. The van der Waals surface area contributed by atoms with E-state index in [1.54, 1.807) is 11.9 Å². The molecule has 0 spiro atoms. The van der Waals surface area contributed by atoms with Gasteiger partial charge in [0.05, 0.1) is 0 Å². The molecule has 1 aliphatic rings. The van der Waals surface area contributed by atoms with Crippen molar-refractivity contribution >= 4 is 22.6 Å². The van der Waals surface area contributed by atoms with Crippen molar-refractivity contribution < 1.29 is 4.79 Å². The van der Waals surface area contributed by atoms with Crippen LogP contribution in [0.15, 0.2) is 42.5 Å². The second-order valence-corrected chi connectivity index (χ2v) is 4.43. The first-order valence-corrected chi connectivity index (χ1v) is 5.78. The number of likely N-dealkylation sites (N-methyl/N-ethyl adjacent to an activating group) is 1. The minimum Gasteiger partial charge on any atom is -0.313 e. The maximum Gasteiger partial charge on any atom is 0.323 e. The Morgan fingerprint density at radius 3 is 2.61 bits per heavy atom. The van der Waals surface area contributed by atoms with Crippen molar-refractivity contribution in [3.8, 4) is 0 Å². The fourth-order valence-corrected chi connectivity index (χ4v) is 2.44. The van der Waals surface area contributed by atoms with Crippen molar-refractivity contribution in [2.24, 2.45) is 0 Å². The van der Waals surface area contributed by atoms with Crippen LogP contribution in [0.1, 0.15) is 11.6 Å². The predicted octanol–water partition coefficient (Wildman–Crippen LogP) is 2.51. The van der Waals surface area contributed by atoms with Gasteiger partial charge in [0.25, 0.3) is 0 Å². The molecule has 3 rings (SSSR count). The zero-order valence-electron chi connectivity index (χ0n) is 9.97. The van der Waals surface area contributed by atoms with Gasteiger partial charge in [0.2, 0.25) is 0 Å². The van der Waals surface area contributed by atoms with Crippen LogP contribution < -0.4 is 5.32 Å². The number of hydrogen-bond acceptors (Lipinski definition) is 2. The molecule has 0 radical (unpaired) electrons. The van der Waals surface area contributed by atoms with Crippen LogP contribution in [0.25, 0.3) is 10.8 Å². The second kappa shape index (κ2) is 3.84. The summed E-state index contributed by atoms with van der Waals surface area (Å²) in [5, 5.41) is 12.7. The molecule has 2 amide bonds. The van der Waals surface area contributed by atoms with E-state index in [4.69, 9.17) is 5.41 Å². The molecule has 1 aliphatic heterocycles. The number of carbonyl (C=O) groups is 1. The third-order valence-electron chi connectivity index (χ3n) is 3.34. The molecule has 18 heavy (non-hydrogen) atoms. The molecule has 2 aromatic carbocycles. The van der Waals surface area contributed by atoms with Crippen LogP contribution in [0.3, 0.4) is 0 Å². The molecule has 1 saturated heterocycles. The number of nitrogens with zero attached hydrogens (tertiary/aromatic N) is 1. The van der Waals surface area contributed by atoms with Gasteiger partial charge in [0.1, 0.15) is 11.9 Å². The van der Waals surface area contributed by atoms with Gasteiger partial charge < -0.3 is 4.90 Å². The van der Waals surface area contributed by atoms with Gasteiger partial charge in [-0.05, 0) is 16.3 Å². The Morgan fingerprint density at radius 1 is 1.17 bits per heavy atom. The third kappa shape index (κ3) is 1.46. The van der Waals surface area contributed by atoms with Crippen molar-refractivity contribution in [1.29, 1.82) is 5.41 Å². The van der Waals surface area contributed by atoms with E-state index < -0.39 is 0 Å². The van der Waals surface area contributed by atoms with E-state index in [1.165, 1.54) is 0 Å². The van der Waals surface area contributed by atoms with Crippen LogP contribution in [-0.4, -0.2) is 23.8 Å². The van der Waals surface area contributed by atoms with E-state index in [0.717, 1.165) is 16.3 Å². The Morgan fingerprint density at radius 2 is 1.89 bits per heavy atom. The van der Waals surface area contributed by atoms with Crippen molar-refractivity contribution in [3.05, 3.63) is 48.0 Å². The van der Waals surface area contributed by atoms with Gasteiger partial charge in [-0.3, -0.25) is 10.7 Å². The number of fused-ring (bicyclic) bond motifs is 1. The number of carbonyl (C=O) groups excluding carboxylic acids is 1. The molecule has 2 aromatic rings. The summed E-state index contributed by atoms with van der Waals surface area (Å²) in [6.45, 7) is 0. The van der Waals surface area contributed by atoms with E-state index in [0.29, 0.717) is 0 Å². The zero-order valence-corrected chi connectivity index (χ0v) is 9.97. The topological polar surface area (TPSA) is 56.2 Å². The number of urea groups is 1. The maximum atomic E-state index is 11.6. The molecular formula is C14H13N3O. The Labute approximate surface area is 105 Å². The summed E-state index contributed by atoms with van der Waals surface area (Å²) in [5.74, 6) is 0.235. The molecule has 1 fully saturated rings. The third-order valence-corrected chi connectivity index (χ3v) is 3.34. The minimum absolute atomic E-state index is 0.224. The summed E-state index contributed by atoms with van der Waals surface area (Å²) in [7, 11) is 1.71. The van der Waals surface area contributed by atoms with Crippen molar-refractivity contribution in [2.75, 3.05) is 7.05 Å². The van der Waals surface area contributed by atoms with Crippen LogP contribution in [-0.2, 0) is 0 Å². The highest BCUT2D eigenvalue weighted by molar-refractivity contribution is 6.07. The summed E-state index contributed by atoms with van der Waals surface area (Å²) in [4.78, 5) is 13.1. The summed E-state index contributed by atoms with van der Waals surface area (Å²) in [6, 6.07) is 13.4. The minimum atomic E-state index is -0.316. The highest BCUT2D eigenvalue weighted by Gasteiger charge is 2.34. The molecule has 4 nitrogen and oxygen atoms in total. The standard InChI is InChI=1S/C14H13N3O/c1-17-12(13(15)16-14(17)18)11-8-4-6-9-5-2-3-7-10(9)11/h2-8,12H,1H3,(H2,15,16,18). The molecule has 90 valence electrons. The largest absolute Gasteiger partial charge is 0.323 e. The molecule has 0 aromatic heterocycles. The van der Waals surface area contributed by atoms with Crippen LogP contribution in [0, 0.1) is 5.41 Å². The molecule has 0 bridgehead atoms. The Kier molecular flexibility index (Phi) is 2.30. The molecular weight excluding hydrogens is 226 g/mol. The molecule has 1 atom stereocenters. The van der Waals surface area contributed by atoms with Gasteiger partial charge in [-0.15, -0.1) is 0 Å². The summed E-state index contributed by atoms with van der Waals surface area (Å²) < 4.78 is 0. The number of rotatable bonds is 1. The Bertz CT molecular complexity index is 645. The summed E-state index contributed by atoms with van der Waals surface area (Å²) in [5.41, 5.74) is 0.985. The molecule has 0 aliphatic carbocycles. The average molecular weight is 239 g/mol. The first-order chi connectivity index (χ1) is 8.68. The monoisotopic (exact) mass is 239 g/mol. The van der Waals surface area contributed by atoms with Crippen LogP contribution in [0.5, 0.6) is 0 Å². The van der Waals surface area contributed by atoms with Gasteiger partial charge in [0, 0.05) is 7.05 Å². The van der Waals surface area contributed by atoms with Crippen molar-refractivity contribution in [3.63, 3.8) is 0 Å². The lowest BCUT2D eigenvalue weighted by molar-refractivity contribution is 0.217. The van der Waals surface area contributed by atoms with Crippen LogP contribution in [0.4, 0.5) is 4.79 Å². The van der Waals surface area contributed by atoms with Gasteiger partial charge in [0.15, 0.2) is 0 Å². The van der Waals surface area contributed by atoms with E-state index in [1.807, 2.05) is 42.5 Å². The fraction of sp³-hybridized carbons (Fsp3) is 0.143. The molecule has 1 heterocycles. The van der Waals surface area contributed by atoms with Crippen molar-refractivity contribution in [1.82, 2.24) is 10.2 Å². The first-order valence-electron chi connectivity index (χ1n) is 5.78. The normalized spacial score (nSPS) is 19.4. The van der Waals surface area contributed by atoms with E-state index in [2.05, 4.69) is 5.32 Å². The maximum absolute atomic E-state index is 11.6. The summed E-state index contributed by atoms with van der Waals surface area (Å²) >= 11 is 0. The van der Waals surface area contributed by atoms with E-state index >= 15 is 0 Å². The predicted molar refractivity (Wildman–Crippen MR) is 70.7 cm³/mol.